The Morgan fingerprint density at radius 3 is 2.87 bits per heavy atom. The minimum atomic E-state index is 0.124. The number of fused-ring (bicyclic) bond motifs is 1. The van der Waals surface area contributed by atoms with Crippen molar-refractivity contribution in [2.45, 2.75) is 13.3 Å². The zero-order valence-electron chi connectivity index (χ0n) is 9.21. The molecule has 15 heavy (non-hydrogen) atoms. The van der Waals surface area contributed by atoms with Gasteiger partial charge in [0.1, 0.15) is 0 Å². The first-order chi connectivity index (χ1) is 7.09. The van der Waals surface area contributed by atoms with Crippen LogP contribution in [0.15, 0.2) is 24.8 Å². The van der Waals surface area contributed by atoms with E-state index in [-0.39, 0.29) is 5.91 Å². The maximum absolute atomic E-state index is 11.9. The fourth-order valence-electron chi connectivity index (χ4n) is 1.85. The van der Waals surface area contributed by atoms with E-state index in [1.807, 2.05) is 32.2 Å². The van der Waals surface area contributed by atoms with Gasteiger partial charge < -0.3 is 4.90 Å². The summed E-state index contributed by atoms with van der Waals surface area (Å²) in [5, 5.41) is 0. The minimum absolute atomic E-state index is 0.124. The van der Waals surface area contributed by atoms with Crippen LogP contribution in [0.1, 0.15) is 28.4 Å². The lowest BCUT2D eigenvalue weighted by Gasteiger charge is -2.25. The van der Waals surface area contributed by atoms with E-state index in [2.05, 4.69) is 6.58 Å². The van der Waals surface area contributed by atoms with Crippen LogP contribution < -0.4 is 0 Å². The van der Waals surface area contributed by atoms with E-state index < -0.39 is 0 Å². The number of carbonyl (C=O) groups is 1. The molecule has 1 heterocycles. The average Bonchev–Trinajstić information content (AvgIpc) is 2.23. The number of allylic oxidation sites excluding steroid dienone is 1. The number of hydrogen-bond acceptors (Lipinski definition) is 1. The molecule has 1 aliphatic rings. The van der Waals surface area contributed by atoms with Crippen LogP contribution in [0.4, 0.5) is 0 Å². The van der Waals surface area contributed by atoms with Crippen LogP contribution in [-0.2, 0) is 6.42 Å². The lowest BCUT2D eigenvalue weighted by molar-refractivity contribution is 0.0781. The molecule has 1 aromatic rings. The van der Waals surface area contributed by atoms with Gasteiger partial charge in [-0.25, -0.2) is 0 Å². The first-order valence-electron chi connectivity index (χ1n) is 5.14. The first kappa shape index (κ1) is 9.97. The minimum Gasteiger partial charge on any atom is -0.341 e. The highest BCUT2D eigenvalue weighted by atomic mass is 16.2. The highest BCUT2D eigenvalue weighted by molar-refractivity contribution is 5.97. The number of rotatable bonds is 1. The van der Waals surface area contributed by atoms with Gasteiger partial charge in [-0.3, -0.25) is 4.79 Å². The standard InChI is InChI=1S/C13H15NO/c1-9(2)11-5-4-10-6-7-14(3)13(15)12(10)8-11/h4-5,8H,1,6-7H2,2-3H3. The smallest absolute Gasteiger partial charge is 0.253 e. The van der Waals surface area contributed by atoms with Crippen molar-refractivity contribution < 1.29 is 4.79 Å². The molecule has 0 fully saturated rings. The largest absolute Gasteiger partial charge is 0.341 e. The van der Waals surface area contributed by atoms with Crippen molar-refractivity contribution in [2.75, 3.05) is 13.6 Å². The summed E-state index contributed by atoms with van der Waals surface area (Å²) in [4.78, 5) is 13.7. The Balaban J connectivity index is 2.50. The predicted molar refractivity (Wildman–Crippen MR) is 61.8 cm³/mol. The van der Waals surface area contributed by atoms with E-state index >= 15 is 0 Å². The molecule has 0 aromatic heterocycles. The number of likely N-dealkylation sites (N-methyl/N-ethyl adjacent to an activating group) is 1. The zero-order chi connectivity index (χ0) is 11.0. The summed E-state index contributed by atoms with van der Waals surface area (Å²) in [6.45, 7) is 6.67. The van der Waals surface area contributed by atoms with Crippen LogP contribution in [0, 0.1) is 0 Å². The molecule has 1 aromatic carbocycles. The Morgan fingerprint density at radius 1 is 1.47 bits per heavy atom. The van der Waals surface area contributed by atoms with Crippen molar-refractivity contribution in [3.63, 3.8) is 0 Å². The lowest BCUT2D eigenvalue weighted by Crippen LogP contribution is -2.34. The third kappa shape index (κ3) is 1.67. The molecule has 1 amide bonds. The SMILES string of the molecule is C=C(C)c1ccc2c(c1)C(=O)N(C)CC2. The van der Waals surface area contributed by atoms with Crippen LogP contribution in [0.25, 0.3) is 5.57 Å². The van der Waals surface area contributed by atoms with Crippen LogP contribution >= 0.6 is 0 Å². The maximum atomic E-state index is 11.9. The summed E-state index contributed by atoms with van der Waals surface area (Å²) in [6.07, 6.45) is 0.952. The zero-order valence-corrected chi connectivity index (χ0v) is 9.21. The van der Waals surface area contributed by atoms with Gasteiger partial charge in [-0.15, -0.1) is 0 Å². The molecule has 2 rings (SSSR count). The molecule has 2 nitrogen and oxygen atoms in total. The summed E-state index contributed by atoms with van der Waals surface area (Å²) in [5.74, 6) is 0.124. The second kappa shape index (κ2) is 3.54. The third-order valence-electron chi connectivity index (χ3n) is 2.90. The molecule has 2 heteroatoms. The van der Waals surface area contributed by atoms with Gasteiger partial charge in [-0.1, -0.05) is 24.3 Å². The van der Waals surface area contributed by atoms with Crippen molar-refractivity contribution in [3.05, 3.63) is 41.5 Å². The Bertz CT molecular complexity index is 434. The van der Waals surface area contributed by atoms with Crippen molar-refractivity contribution in [3.8, 4) is 0 Å². The normalized spacial score (nSPS) is 15.1. The first-order valence-corrected chi connectivity index (χ1v) is 5.14. The average molecular weight is 201 g/mol. The van der Waals surface area contributed by atoms with Gasteiger partial charge in [0.05, 0.1) is 0 Å². The molecular formula is C13H15NO. The summed E-state index contributed by atoms with van der Waals surface area (Å²) in [6, 6.07) is 6.04. The number of carbonyl (C=O) groups excluding carboxylic acids is 1. The van der Waals surface area contributed by atoms with Gasteiger partial charge >= 0.3 is 0 Å². The number of hydrogen-bond donors (Lipinski definition) is 0. The summed E-state index contributed by atoms with van der Waals surface area (Å²) in [5.41, 5.74) is 4.04. The molecule has 0 aliphatic carbocycles. The van der Waals surface area contributed by atoms with Crippen molar-refractivity contribution in [2.24, 2.45) is 0 Å². The van der Waals surface area contributed by atoms with E-state index in [1.54, 1.807) is 4.90 Å². The van der Waals surface area contributed by atoms with E-state index in [0.717, 1.165) is 35.2 Å². The van der Waals surface area contributed by atoms with Gasteiger partial charge in [0.25, 0.3) is 5.91 Å². The highest BCUT2D eigenvalue weighted by Gasteiger charge is 2.21. The number of nitrogens with zero attached hydrogens (tertiary/aromatic N) is 1. The van der Waals surface area contributed by atoms with Gasteiger partial charge in [-0.05, 0) is 30.5 Å². The van der Waals surface area contributed by atoms with Crippen molar-refractivity contribution in [1.82, 2.24) is 4.90 Å². The number of benzene rings is 1. The van der Waals surface area contributed by atoms with Gasteiger partial charge in [0, 0.05) is 19.2 Å². The van der Waals surface area contributed by atoms with Crippen LogP contribution in [0.2, 0.25) is 0 Å². The lowest BCUT2D eigenvalue weighted by atomic mass is 9.95. The fourth-order valence-corrected chi connectivity index (χ4v) is 1.85. The van der Waals surface area contributed by atoms with Gasteiger partial charge in [0.2, 0.25) is 0 Å². The second-order valence-electron chi connectivity index (χ2n) is 4.13. The van der Waals surface area contributed by atoms with E-state index in [0.29, 0.717) is 0 Å². The molecule has 78 valence electrons. The number of amides is 1. The molecule has 0 atom stereocenters. The Hall–Kier alpha value is -1.57. The molecule has 0 spiro atoms. The monoisotopic (exact) mass is 201 g/mol. The van der Waals surface area contributed by atoms with Crippen LogP contribution in [0.5, 0.6) is 0 Å². The Morgan fingerprint density at radius 2 is 2.20 bits per heavy atom. The summed E-state index contributed by atoms with van der Waals surface area (Å²) >= 11 is 0. The molecule has 0 bridgehead atoms. The molecule has 0 unspecified atom stereocenters. The second-order valence-corrected chi connectivity index (χ2v) is 4.13. The molecule has 0 saturated heterocycles. The molecule has 0 radical (unpaired) electrons. The molecule has 1 aliphatic heterocycles. The van der Waals surface area contributed by atoms with E-state index in [4.69, 9.17) is 0 Å². The van der Waals surface area contributed by atoms with E-state index in [9.17, 15) is 4.79 Å². The molecular weight excluding hydrogens is 186 g/mol. The van der Waals surface area contributed by atoms with Crippen molar-refractivity contribution in [1.29, 1.82) is 0 Å². The Kier molecular flexibility index (Phi) is 2.35. The predicted octanol–water partition coefficient (Wildman–Crippen LogP) is 2.35. The van der Waals surface area contributed by atoms with E-state index in [1.165, 1.54) is 0 Å². The van der Waals surface area contributed by atoms with Crippen LogP contribution in [-0.4, -0.2) is 24.4 Å². The van der Waals surface area contributed by atoms with Gasteiger partial charge in [0.15, 0.2) is 0 Å². The van der Waals surface area contributed by atoms with Gasteiger partial charge in [-0.2, -0.15) is 0 Å². The molecule has 0 saturated carbocycles. The highest BCUT2D eigenvalue weighted by Crippen LogP contribution is 2.22. The van der Waals surface area contributed by atoms with Crippen LogP contribution in [0.3, 0.4) is 0 Å². The maximum Gasteiger partial charge on any atom is 0.253 e. The Labute approximate surface area is 90.2 Å². The molecule has 0 N–H and O–H groups in total. The van der Waals surface area contributed by atoms with Crippen molar-refractivity contribution >= 4 is 11.5 Å². The summed E-state index contributed by atoms with van der Waals surface area (Å²) < 4.78 is 0. The topological polar surface area (TPSA) is 20.3 Å². The third-order valence-corrected chi connectivity index (χ3v) is 2.90. The fraction of sp³-hybridized carbons (Fsp3) is 0.308. The quantitative estimate of drug-likeness (QED) is 0.683. The summed E-state index contributed by atoms with van der Waals surface area (Å²) in [7, 11) is 1.85.